The van der Waals surface area contributed by atoms with Crippen LogP contribution in [0.5, 0.6) is 6.01 Å². The Morgan fingerprint density at radius 2 is 2.14 bits per heavy atom. The summed E-state index contributed by atoms with van der Waals surface area (Å²) < 4.78 is 7.47. The Morgan fingerprint density at radius 1 is 1.29 bits per heavy atom. The first kappa shape index (κ1) is 15.5. The lowest BCUT2D eigenvalue weighted by Gasteiger charge is -2.09. The van der Waals surface area contributed by atoms with E-state index in [9.17, 15) is 0 Å². The van der Waals surface area contributed by atoms with Crippen LogP contribution in [0.25, 0.3) is 0 Å². The summed E-state index contributed by atoms with van der Waals surface area (Å²) in [6.07, 6.45) is 7.57. The molecular formula is C13H19ClN6O. The average Bonchev–Trinajstić information content (AvgIpc) is 2.90. The summed E-state index contributed by atoms with van der Waals surface area (Å²) in [4.78, 5) is 16.1. The molecule has 0 fully saturated rings. The van der Waals surface area contributed by atoms with Gasteiger partial charge >= 0.3 is 6.01 Å². The number of halogens is 1. The van der Waals surface area contributed by atoms with E-state index in [0.717, 1.165) is 25.9 Å². The van der Waals surface area contributed by atoms with Crippen LogP contribution >= 0.6 is 11.6 Å². The summed E-state index contributed by atoms with van der Waals surface area (Å²) in [6.45, 7) is 5.51. The van der Waals surface area contributed by atoms with Crippen molar-refractivity contribution in [2.75, 3.05) is 11.9 Å². The van der Waals surface area contributed by atoms with Crippen molar-refractivity contribution in [3.63, 3.8) is 0 Å². The number of aromatic nitrogens is 5. The van der Waals surface area contributed by atoms with Gasteiger partial charge in [-0.05, 0) is 38.3 Å². The molecule has 8 heteroatoms. The number of anilines is 1. The van der Waals surface area contributed by atoms with Crippen LogP contribution in [0.3, 0.4) is 0 Å². The number of nitrogens with one attached hydrogen (secondary N) is 1. The first-order valence-corrected chi connectivity index (χ1v) is 7.29. The van der Waals surface area contributed by atoms with Crippen molar-refractivity contribution in [1.82, 2.24) is 24.5 Å². The lowest BCUT2D eigenvalue weighted by molar-refractivity contribution is 0.222. The van der Waals surface area contributed by atoms with Crippen LogP contribution in [0.15, 0.2) is 18.7 Å². The third-order valence-corrected chi connectivity index (χ3v) is 2.78. The molecule has 0 unspecified atom stereocenters. The van der Waals surface area contributed by atoms with Gasteiger partial charge in [-0.3, -0.25) is 0 Å². The predicted octanol–water partition coefficient (Wildman–Crippen LogP) is 2.40. The highest BCUT2D eigenvalue weighted by Gasteiger charge is 2.07. The third kappa shape index (κ3) is 5.55. The van der Waals surface area contributed by atoms with E-state index < -0.39 is 0 Å². The highest BCUT2D eigenvalue weighted by molar-refractivity contribution is 6.28. The van der Waals surface area contributed by atoms with Gasteiger partial charge in [-0.15, -0.1) is 0 Å². The monoisotopic (exact) mass is 310 g/mol. The zero-order chi connectivity index (χ0) is 15.1. The van der Waals surface area contributed by atoms with E-state index >= 15 is 0 Å². The van der Waals surface area contributed by atoms with Crippen molar-refractivity contribution < 1.29 is 4.74 Å². The highest BCUT2D eigenvalue weighted by Crippen LogP contribution is 2.12. The normalized spacial score (nSPS) is 10.9. The molecule has 0 radical (unpaired) electrons. The molecule has 0 aromatic carbocycles. The minimum absolute atomic E-state index is 0.00787. The van der Waals surface area contributed by atoms with Gasteiger partial charge in [0.25, 0.3) is 0 Å². The van der Waals surface area contributed by atoms with Gasteiger partial charge in [0.1, 0.15) is 0 Å². The molecule has 0 aliphatic carbocycles. The van der Waals surface area contributed by atoms with E-state index in [-0.39, 0.29) is 17.4 Å². The van der Waals surface area contributed by atoms with E-state index in [2.05, 4.69) is 25.3 Å². The second-order valence-electron chi connectivity index (χ2n) is 4.81. The van der Waals surface area contributed by atoms with Crippen LogP contribution < -0.4 is 10.1 Å². The number of ether oxygens (including phenoxy) is 1. The van der Waals surface area contributed by atoms with E-state index in [1.807, 2.05) is 30.9 Å². The molecule has 1 N–H and O–H groups in total. The first-order valence-electron chi connectivity index (χ1n) is 6.91. The fourth-order valence-corrected chi connectivity index (χ4v) is 1.87. The Hall–Kier alpha value is -1.89. The van der Waals surface area contributed by atoms with Crippen LogP contribution in [0, 0.1) is 0 Å². The van der Waals surface area contributed by atoms with Crippen LogP contribution in [-0.4, -0.2) is 37.2 Å². The standard InChI is InChI=1S/C13H19ClN6O/c1-10(2)21-13-18-11(14)17-12(19-13)16-5-3-4-7-20-8-6-15-9-20/h6,8-10H,3-5,7H2,1-2H3,(H,16,17,18,19). The number of nitrogens with zero attached hydrogens (tertiary/aromatic N) is 5. The quantitative estimate of drug-likeness (QED) is 0.754. The fourth-order valence-electron chi connectivity index (χ4n) is 1.71. The van der Waals surface area contributed by atoms with E-state index in [4.69, 9.17) is 16.3 Å². The van der Waals surface area contributed by atoms with Crippen molar-refractivity contribution in [3.05, 3.63) is 24.0 Å². The van der Waals surface area contributed by atoms with Gasteiger partial charge in [-0.25, -0.2) is 4.98 Å². The summed E-state index contributed by atoms with van der Waals surface area (Å²) in [7, 11) is 0. The minimum atomic E-state index is -0.00787. The summed E-state index contributed by atoms with van der Waals surface area (Å²) in [5.41, 5.74) is 0. The summed E-state index contributed by atoms with van der Waals surface area (Å²) in [5, 5.41) is 3.25. The van der Waals surface area contributed by atoms with Gasteiger partial charge in [-0.2, -0.15) is 15.0 Å². The zero-order valence-electron chi connectivity index (χ0n) is 12.2. The van der Waals surface area contributed by atoms with Gasteiger partial charge in [-0.1, -0.05) is 0 Å². The number of hydrogen-bond acceptors (Lipinski definition) is 6. The molecule has 0 bridgehead atoms. The Morgan fingerprint density at radius 3 is 2.86 bits per heavy atom. The molecule has 2 aromatic heterocycles. The van der Waals surface area contributed by atoms with Crippen molar-refractivity contribution in [3.8, 4) is 6.01 Å². The van der Waals surface area contributed by atoms with Crippen LogP contribution in [0.4, 0.5) is 5.95 Å². The van der Waals surface area contributed by atoms with Crippen LogP contribution in [0.2, 0.25) is 5.28 Å². The van der Waals surface area contributed by atoms with Gasteiger partial charge in [0.2, 0.25) is 11.2 Å². The molecule has 0 spiro atoms. The van der Waals surface area contributed by atoms with E-state index in [0.29, 0.717) is 5.95 Å². The Bertz CT molecular complexity index is 546. The molecule has 21 heavy (non-hydrogen) atoms. The molecule has 0 saturated heterocycles. The maximum absolute atomic E-state index is 5.85. The molecule has 2 heterocycles. The largest absolute Gasteiger partial charge is 0.461 e. The number of aryl methyl sites for hydroxylation is 1. The number of hydrogen-bond donors (Lipinski definition) is 1. The average molecular weight is 311 g/mol. The van der Waals surface area contributed by atoms with Crippen molar-refractivity contribution in [2.24, 2.45) is 0 Å². The first-order chi connectivity index (χ1) is 10.1. The SMILES string of the molecule is CC(C)Oc1nc(Cl)nc(NCCCCn2ccnc2)n1. The summed E-state index contributed by atoms with van der Waals surface area (Å²) >= 11 is 5.85. The van der Waals surface area contributed by atoms with Crippen molar-refractivity contribution in [1.29, 1.82) is 0 Å². The molecule has 0 amide bonds. The molecule has 2 rings (SSSR count). The Labute approximate surface area is 128 Å². The topological polar surface area (TPSA) is 77.8 Å². The molecule has 114 valence electrons. The van der Waals surface area contributed by atoms with Crippen LogP contribution in [-0.2, 0) is 6.54 Å². The van der Waals surface area contributed by atoms with E-state index in [1.165, 1.54) is 0 Å². The van der Waals surface area contributed by atoms with Gasteiger partial charge in [0.05, 0.1) is 12.4 Å². The zero-order valence-corrected chi connectivity index (χ0v) is 12.9. The summed E-state index contributed by atoms with van der Waals surface area (Å²) in [6, 6.07) is 0.242. The number of unbranched alkanes of at least 4 members (excludes halogenated alkanes) is 1. The Kier molecular flexibility index (Phi) is 5.74. The second-order valence-corrected chi connectivity index (χ2v) is 5.15. The van der Waals surface area contributed by atoms with E-state index in [1.54, 1.807) is 6.20 Å². The van der Waals surface area contributed by atoms with Crippen LogP contribution in [0.1, 0.15) is 26.7 Å². The second kappa shape index (κ2) is 7.78. The third-order valence-electron chi connectivity index (χ3n) is 2.61. The van der Waals surface area contributed by atoms with Gasteiger partial charge < -0.3 is 14.6 Å². The van der Waals surface area contributed by atoms with Gasteiger partial charge in [0, 0.05) is 25.5 Å². The highest BCUT2D eigenvalue weighted by atomic mass is 35.5. The molecule has 0 saturated carbocycles. The van der Waals surface area contributed by atoms with Crippen molar-refractivity contribution in [2.45, 2.75) is 39.3 Å². The minimum Gasteiger partial charge on any atom is -0.461 e. The fraction of sp³-hybridized carbons (Fsp3) is 0.538. The predicted molar refractivity (Wildman–Crippen MR) is 80.6 cm³/mol. The smallest absolute Gasteiger partial charge is 0.322 e. The van der Waals surface area contributed by atoms with Gasteiger partial charge in [0.15, 0.2) is 0 Å². The lowest BCUT2D eigenvalue weighted by Crippen LogP contribution is -2.12. The lowest BCUT2D eigenvalue weighted by atomic mass is 10.3. The number of rotatable bonds is 8. The molecule has 0 aliphatic heterocycles. The maximum Gasteiger partial charge on any atom is 0.322 e. The molecule has 0 atom stereocenters. The molecule has 2 aromatic rings. The molecule has 7 nitrogen and oxygen atoms in total. The molecular weight excluding hydrogens is 292 g/mol. The molecule has 0 aliphatic rings. The van der Waals surface area contributed by atoms with Crippen molar-refractivity contribution >= 4 is 17.5 Å². The Balaban J connectivity index is 1.75. The summed E-state index contributed by atoms with van der Waals surface area (Å²) in [5.74, 6) is 0.438. The maximum atomic E-state index is 5.85. The number of imidazole rings is 1.